The lowest BCUT2D eigenvalue weighted by atomic mass is 10.1. The van der Waals surface area contributed by atoms with E-state index in [2.05, 4.69) is 10.6 Å². The van der Waals surface area contributed by atoms with Gasteiger partial charge in [-0.25, -0.2) is 4.79 Å². The molecular formula is C16H22ClN3O3. The summed E-state index contributed by atoms with van der Waals surface area (Å²) in [6.07, 6.45) is 2.06. The van der Waals surface area contributed by atoms with Crippen molar-refractivity contribution in [2.45, 2.75) is 12.5 Å². The van der Waals surface area contributed by atoms with E-state index in [-0.39, 0.29) is 19.2 Å². The minimum absolute atomic E-state index is 0.159. The molecule has 2 rings (SSSR count). The summed E-state index contributed by atoms with van der Waals surface area (Å²) in [5.74, 6) is 0. The van der Waals surface area contributed by atoms with Crippen molar-refractivity contribution in [3.63, 3.8) is 0 Å². The maximum atomic E-state index is 11.7. The fourth-order valence-electron chi connectivity index (χ4n) is 2.48. The molecule has 0 saturated carbocycles. The number of benzene rings is 1. The van der Waals surface area contributed by atoms with E-state index in [4.69, 9.17) is 16.3 Å². The summed E-state index contributed by atoms with van der Waals surface area (Å²) in [4.78, 5) is 11.7. The van der Waals surface area contributed by atoms with Crippen LogP contribution in [-0.2, 0) is 18.2 Å². The molecule has 0 bridgehead atoms. The fraction of sp³-hybridized carbons (Fsp3) is 0.438. The van der Waals surface area contributed by atoms with Crippen molar-refractivity contribution < 1.29 is 14.6 Å². The Kier molecular flexibility index (Phi) is 6.27. The van der Waals surface area contributed by atoms with E-state index in [0.717, 1.165) is 16.5 Å². The van der Waals surface area contributed by atoms with Gasteiger partial charge in [0.25, 0.3) is 0 Å². The summed E-state index contributed by atoms with van der Waals surface area (Å²) >= 11 is 6.02. The Balaban J connectivity index is 1.84. The molecule has 0 aliphatic heterocycles. The van der Waals surface area contributed by atoms with Crippen LogP contribution in [-0.4, -0.2) is 48.6 Å². The van der Waals surface area contributed by atoms with Gasteiger partial charge in [-0.3, -0.25) is 0 Å². The monoisotopic (exact) mass is 339 g/mol. The molecule has 6 nitrogen and oxygen atoms in total. The van der Waals surface area contributed by atoms with E-state index in [1.54, 1.807) is 0 Å². The molecule has 0 spiro atoms. The molecule has 0 radical (unpaired) electrons. The van der Waals surface area contributed by atoms with Gasteiger partial charge in [0, 0.05) is 49.4 Å². The van der Waals surface area contributed by atoms with Crippen LogP contribution in [0, 0.1) is 0 Å². The lowest BCUT2D eigenvalue weighted by Crippen LogP contribution is -2.41. The summed E-state index contributed by atoms with van der Waals surface area (Å²) < 4.78 is 6.82. The number of nitrogens with one attached hydrogen (secondary N) is 2. The second-order valence-electron chi connectivity index (χ2n) is 5.42. The number of fused-ring (bicyclic) bond motifs is 1. The highest BCUT2D eigenvalue weighted by atomic mass is 35.5. The molecule has 0 aliphatic rings. The number of nitrogens with zero attached hydrogens (tertiary/aromatic N) is 1. The summed E-state index contributed by atoms with van der Waals surface area (Å²) in [6.45, 7) is 0.860. The molecule has 1 atom stereocenters. The van der Waals surface area contributed by atoms with Crippen LogP contribution in [0.1, 0.15) is 5.56 Å². The van der Waals surface area contributed by atoms with Crippen molar-refractivity contribution in [2.75, 3.05) is 26.8 Å². The van der Waals surface area contributed by atoms with Crippen LogP contribution in [0.25, 0.3) is 10.9 Å². The number of amides is 2. The van der Waals surface area contributed by atoms with Gasteiger partial charge in [0.2, 0.25) is 0 Å². The average Bonchev–Trinajstić information content (AvgIpc) is 2.81. The number of halogens is 1. The van der Waals surface area contributed by atoms with Crippen LogP contribution in [0.5, 0.6) is 0 Å². The molecule has 0 unspecified atom stereocenters. The fourth-order valence-corrected chi connectivity index (χ4v) is 2.64. The van der Waals surface area contributed by atoms with Gasteiger partial charge in [-0.1, -0.05) is 17.7 Å². The molecule has 2 aromatic rings. The SMILES string of the molecule is COC[C@@H](O)CNC(=O)NCCc1cn(C)c2cc(Cl)ccc12. The molecule has 3 N–H and O–H groups in total. The van der Waals surface area contributed by atoms with Crippen molar-refractivity contribution >= 4 is 28.5 Å². The normalized spacial score (nSPS) is 12.3. The molecule has 126 valence electrons. The first-order valence-electron chi connectivity index (χ1n) is 7.43. The van der Waals surface area contributed by atoms with Crippen LogP contribution in [0.2, 0.25) is 5.02 Å². The summed E-state index contributed by atoms with van der Waals surface area (Å²) in [6, 6.07) is 5.49. The number of hydrogen-bond donors (Lipinski definition) is 3. The van der Waals surface area contributed by atoms with Gasteiger partial charge >= 0.3 is 6.03 Å². The minimum atomic E-state index is -0.700. The van der Waals surface area contributed by atoms with Crippen LogP contribution >= 0.6 is 11.6 Å². The molecular weight excluding hydrogens is 318 g/mol. The summed E-state index contributed by atoms with van der Waals surface area (Å²) in [5.41, 5.74) is 2.22. The zero-order valence-corrected chi connectivity index (χ0v) is 14.1. The second kappa shape index (κ2) is 8.19. The summed E-state index contributed by atoms with van der Waals surface area (Å²) in [5, 5.41) is 16.7. The molecule has 2 amide bonds. The number of carbonyl (C=O) groups excluding carboxylic acids is 1. The van der Waals surface area contributed by atoms with E-state index in [1.165, 1.54) is 7.11 Å². The molecule has 0 aliphatic carbocycles. The van der Waals surface area contributed by atoms with Crippen LogP contribution in [0.4, 0.5) is 4.79 Å². The summed E-state index contributed by atoms with van der Waals surface area (Å²) in [7, 11) is 3.47. The van der Waals surface area contributed by atoms with Crippen molar-refractivity contribution in [1.82, 2.24) is 15.2 Å². The van der Waals surface area contributed by atoms with E-state index < -0.39 is 6.10 Å². The van der Waals surface area contributed by atoms with Gasteiger partial charge in [-0.15, -0.1) is 0 Å². The molecule has 7 heteroatoms. The number of aliphatic hydroxyl groups is 1. The molecule has 1 aromatic carbocycles. The molecule has 0 saturated heterocycles. The predicted molar refractivity (Wildman–Crippen MR) is 90.9 cm³/mol. The number of aromatic nitrogens is 1. The molecule has 0 fully saturated rings. The topological polar surface area (TPSA) is 75.5 Å². The lowest BCUT2D eigenvalue weighted by molar-refractivity contribution is 0.0660. The molecule has 1 heterocycles. The predicted octanol–water partition coefficient (Wildman–Crippen LogP) is 1.68. The zero-order valence-electron chi connectivity index (χ0n) is 13.3. The quantitative estimate of drug-likeness (QED) is 0.718. The maximum absolute atomic E-state index is 11.7. The third kappa shape index (κ3) is 4.86. The van der Waals surface area contributed by atoms with Gasteiger partial charge in [-0.2, -0.15) is 0 Å². The molecule has 1 aromatic heterocycles. The number of aryl methyl sites for hydroxylation is 1. The van der Waals surface area contributed by atoms with Crippen LogP contribution in [0.3, 0.4) is 0 Å². The third-order valence-electron chi connectivity index (χ3n) is 3.57. The lowest BCUT2D eigenvalue weighted by Gasteiger charge is -2.11. The molecule has 23 heavy (non-hydrogen) atoms. The minimum Gasteiger partial charge on any atom is -0.389 e. The van der Waals surface area contributed by atoms with Crippen LogP contribution < -0.4 is 10.6 Å². The maximum Gasteiger partial charge on any atom is 0.314 e. The van der Waals surface area contributed by atoms with Gasteiger partial charge < -0.3 is 25.0 Å². The Bertz CT molecular complexity index is 672. The highest BCUT2D eigenvalue weighted by molar-refractivity contribution is 6.31. The van der Waals surface area contributed by atoms with Gasteiger partial charge in [0.05, 0.1) is 12.7 Å². The van der Waals surface area contributed by atoms with Crippen molar-refractivity contribution in [3.8, 4) is 0 Å². The van der Waals surface area contributed by atoms with Gasteiger partial charge in [0.1, 0.15) is 0 Å². The Morgan fingerprint density at radius 3 is 2.96 bits per heavy atom. The number of aliphatic hydroxyl groups excluding tert-OH is 1. The smallest absolute Gasteiger partial charge is 0.314 e. The second-order valence-corrected chi connectivity index (χ2v) is 5.86. The van der Waals surface area contributed by atoms with E-state index in [9.17, 15) is 9.90 Å². The van der Waals surface area contributed by atoms with Crippen molar-refractivity contribution in [3.05, 3.63) is 35.0 Å². The van der Waals surface area contributed by atoms with E-state index >= 15 is 0 Å². The first-order chi connectivity index (χ1) is 11.0. The number of rotatable bonds is 7. The number of hydrogen-bond acceptors (Lipinski definition) is 3. The van der Waals surface area contributed by atoms with Crippen LogP contribution in [0.15, 0.2) is 24.4 Å². The zero-order chi connectivity index (χ0) is 16.8. The highest BCUT2D eigenvalue weighted by Crippen LogP contribution is 2.24. The van der Waals surface area contributed by atoms with Gasteiger partial charge in [0.15, 0.2) is 0 Å². The Labute approximate surface area is 140 Å². The Morgan fingerprint density at radius 2 is 2.22 bits per heavy atom. The largest absolute Gasteiger partial charge is 0.389 e. The van der Waals surface area contributed by atoms with E-state index in [0.29, 0.717) is 18.0 Å². The van der Waals surface area contributed by atoms with E-state index in [1.807, 2.05) is 36.0 Å². The Morgan fingerprint density at radius 1 is 1.43 bits per heavy atom. The number of methoxy groups -OCH3 is 1. The van der Waals surface area contributed by atoms with Crippen molar-refractivity contribution in [2.24, 2.45) is 7.05 Å². The number of urea groups is 1. The van der Waals surface area contributed by atoms with Crippen molar-refractivity contribution in [1.29, 1.82) is 0 Å². The van der Waals surface area contributed by atoms with Gasteiger partial charge in [-0.05, 0) is 24.1 Å². The third-order valence-corrected chi connectivity index (χ3v) is 3.81. The Hall–Kier alpha value is -1.76. The number of ether oxygens (including phenoxy) is 1. The standard InChI is InChI=1S/C16H22ClN3O3/c1-20-9-11(14-4-3-12(17)7-15(14)20)5-6-18-16(22)19-8-13(21)10-23-2/h3-4,7,9,13,21H,5-6,8,10H2,1-2H3,(H2,18,19,22)/t13-/m0/s1. The highest BCUT2D eigenvalue weighted by Gasteiger charge is 2.09. The first kappa shape index (κ1) is 17.6. The first-order valence-corrected chi connectivity index (χ1v) is 7.81. The average molecular weight is 340 g/mol. The number of carbonyl (C=O) groups is 1.